The number of halogens is 3. The Morgan fingerprint density at radius 3 is 2.48 bits per heavy atom. The number of nitrogen functional groups attached to an aromatic ring is 1. The molecule has 0 amide bonds. The maximum absolute atomic E-state index is 12.1. The minimum absolute atomic E-state index is 0.171. The van der Waals surface area contributed by atoms with E-state index >= 15 is 0 Å². The van der Waals surface area contributed by atoms with Crippen LogP contribution in [0.4, 0.5) is 30.2 Å². The van der Waals surface area contributed by atoms with Crippen molar-refractivity contribution in [3.05, 3.63) is 48.7 Å². The molecule has 0 saturated carbocycles. The number of ether oxygens (including phenoxy) is 1. The summed E-state index contributed by atoms with van der Waals surface area (Å²) in [4.78, 5) is 4.32. The molecule has 0 aliphatic rings. The monoisotopic (exact) mass is 394 g/mol. The van der Waals surface area contributed by atoms with Crippen LogP contribution in [-0.2, 0) is 0 Å². The maximum atomic E-state index is 12.1. The Hall–Kier alpha value is -2.85. The van der Waals surface area contributed by atoms with Crippen LogP contribution in [0.5, 0.6) is 5.88 Å². The molecule has 10 heteroatoms. The van der Waals surface area contributed by atoms with Crippen molar-refractivity contribution in [1.82, 2.24) is 4.98 Å². The van der Waals surface area contributed by atoms with E-state index in [-0.39, 0.29) is 5.88 Å². The molecule has 1 heterocycles. The van der Waals surface area contributed by atoms with Crippen LogP contribution >= 0.6 is 12.0 Å². The summed E-state index contributed by atoms with van der Waals surface area (Å²) < 4.78 is 50.4. The van der Waals surface area contributed by atoms with Gasteiger partial charge in [-0.15, -0.1) is 10.2 Å². The average Bonchev–Trinajstić information content (AvgIpc) is 2.66. The van der Waals surface area contributed by atoms with E-state index in [4.69, 9.17) is 5.73 Å². The van der Waals surface area contributed by atoms with Crippen molar-refractivity contribution in [3.63, 3.8) is 0 Å². The summed E-state index contributed by atoms with van der Waals surface area (Å²) in [5.41, 5.74) is 7.17. The number of nitrogens with zero attached hydrogens (tertiary/aromatic N) is 3. The quantitative estimate of drug-likeness (QED) is 0.327. The van der Waals surface area contributed by atoms with Crippen LogP contribution in [0.3, 0.4) is 0 Å². The molecule has 140 valence electrons. The first-order chi connectivity index (χ1) is 12.9. The minimum Gasteiger partial charge on any atom is -0.468 e. The van der Waals surface area contributed by atoms with Gasteiger partial charge >= 0.3 is 6.18 Å². The van der Waals surface area contributed by atoms with Gasteiger partial charge in [-0.25, -0.2) is 4.98 Å². The predicted molar refractivity (Wildman–Crippen MR) is 96.8 cm³/mol. The van der Waals surface area contributed by atoms with Gasteiger partial charge in [-0.05, 0) is 17.5 Å². The van der Waals surface area contributed by atoms with E-state index in [1.165, 1.54) is 18.3 Å². The fourth-order valence-corrected chi connectivity index (χ4v) is 2.73. The SMILES string of the molecule is Nc1c(/N=N/c2ccc(OCC(F)(F)F)nc2)cc(SO)c2ccccc12. The average molecular weight is 394 g/mol. The zero-order valence-electron chi connectivity index (χ0n) is 13.6. The molecule has 0 aliphatic heterocycles. The van der Waals surface area contributed by atoms with Gasteiger partial charge in [-0.3, -0.25) is 0 Å². The van der Waals surface area contributed by atoms with Crippen LogP contribution < -0.4 is 10.5 Å². The molecule has 3 aromatic rings. The number of nitrogens with two attached hydrogens (primary N) is 1. The topological polar surface area (TPSA) is 93.1 Å². The summed E-state index contributed by atoms with van der Waals surface area (Å²) in [5, 5.41) is 9.56. The lowest BCUT2D eigenvalue weighted by molar-refractivity contribution is -0.154. The van der Waals surface area contributed by atoms with Crippen LogP contribution in [0, 0.1) is 0 Å². The first-order valence-electron chi connectivity index (χ1n) is 7.57. The first kappa shape index (κ1) is 18.9. The molecule has 0 bridgehead atoms. The van der Waals surface area contributed by atoms with Crippen LogP contribution in [0.2, 0.25) is 0 Å². The van der Waals surface area contributed by atoms with Crippen LogP contribution in [0.25, 0.3) is 10.8 Å². The van der Waals surface area contributed by atoms with Crippen molar-refractivity contribution in [2.45, 2.75) is 11.1 Å². The van der Waals surface area contributed by atoms with Gasteiger partial charge in [-0.2, -0.15) is 13.2 Å². The van der Waals surface area contributed by atoms with E-state index < -0.39 is 12.8 Å². The summed E-state index contributed by atoms with van der Waals surface area (Å²) in [6.45, 7) is -1.42. The van der Waals surface area contributed by atoms with Crippen molar-refractivity contribution in [1.29, 1.82) is 0 Å². The number of anilines is 1. The van der Waals surface area contributed by atoms with Gasteiger partial charge < -0.3 is 15.0 Å². The molecule has 0 saturated heterocycles. The number of benzene rings is 2. The second-order valence-corrected chi connectivity index (χ2v) is 6.03. The van der Waals surface area contributed by atoms with Crippen molar-refractivity contribution in [3.8, 4) is 5.88 Å². The van der Waals surface area contributed by atoms with E-state index in [0.29, 0.717) is 34.0 Å². The number of hydrogen-bond acceptors (Lipinski definition) is 7. The summed E-state index contributed by atoms with van der Waals surface area (Å²) in [7, 11) is 0. The summed E-state index contributed by atoms with van der Waals surface area (Å²) in [6.07, 6.45) is -3.20. The number of pyridine rings is 1. The maximum Gasteiger partial charge on any atom is 0.422 e. The zero-order valence-corrected chi connectivity index (χ0v) is 14.5. The van der Waals surface area contributed by atoms with Crippen LogP contribution in [-0.4, -0.2) is 22.3 Å². The lowest BCUT2D eigenvalue weighted by Gasteiger charge is -2.09. The van der Waals surface area contributed by atoms with Gasteiger partial charge in [-0.1, -0.05) is 24.3 Å². The van der Waals surface area contributed by atoms with Crippen molar-refractivity contribution < 1.29 is 22.5 Å². The van der Waals surface area contributed by atoms with Gasteiger partial charge in [0.05, 0.1) is 11.9 Å². The number of rotatable bonds is 5. The Kier molecular flexibility index (Phi) is 5.47. The van der Waals surface area contributed by atoms with Crippen molar-refractivity contribution in [2.75, 3.05) is 12.3 Å². The molecule has 27 heavy (non-hydrogen) atoms. The summed E-state index contributed by atoms with van der Waals surface area (Å²) >= 11 is 0.574. The number of alkyl halides is 3. The third kappa shape index (κ3) is 4.66. The second kappa shape index (κ2) is 7.80. The third-order valence-electron chi connectivity index (χ3n) is 3.50. The van der Waals surface area contributed by atoms with Gasteiger partial charge in [0.2, 0.25) is 5.88 Å². The molecule has 0 atom stereocenters. The fraction of sp³-hybridized carbons (Fsp3) is 0.118. The van der Waals surface area contributed by atoms with E-state index in [2.05, 4.69) is 19.9 Å². The van der Waals surface area contributed by atoms with Crippen LogP contribution in [0.1, 0.15) is 0 Å². The highest BCUT2D eigenvalue weighted by Crippen LogP contribution is 2.38. The molecule has 3 N–H and O–H groups in total. The van der Waals surface area contributed by atoms with E-state index in [9.17, 15) is 17.7 Å². The lowest BCUT2D eigenvalue weighted by Crippen LogP contribution is -2.19. The molecule has 6 nitrogen and oxygen atoms in total. The van der Waals surface area contributed by atoms with E-state index in [1.807, 2.05) is 18.2 Å². The number of azo groups is 1. The molecule has 0 fully saturated rings. The Morgan fingerprint density at radius 1 is 1.11 bits per heavy atom. The second-order valence-electron chi connectivity index (χ2n) is 5.40. The van der Waals surface area contributed by atoms with Crippen molar-refractivity contribution >= 4 is 39.9 Å². The lowest BCUT2D eigenvalue weighted by atomic mass is 10.1. The molecule has 0 radical (unpaired) electrons. The molecule has 3 rings (SSSR count). The normalized spacial score (nSPS) is 12.0. The number of fused-ring (bicyclic) bond motifs is 1. The minimum atomic E-state index is -4.43. The van der Waals surface area contributed by atoms with E-state index in [1.54, 1.807) is 12.1 Å². The Labute approximate surface area is 156 Å². The third-order valence-corrected chi connectivity index (χ3v) is 4.04. The molecular formula is C17H13F3N4O2S. The van der Waals surface area contributed by atoms with Crippen molar-refractivity contribution in [2.24, 2.45) is 10.2 Å². The Balaban J connectivity index is 1.83. The molecule has 0 unspecified atom stereocenters. The zero-order chi connectivity index (χ0) is 19.4. The predicted octanol–water partition coefficient (Wildman–Crippen LogP) is 5.74. The molecule has 0 spiro atoms. The van der Waals surface area contributed by atoms with Crippen LogP contribution in [0.15, 0.2) is 63.8 Å². The molecular weight excluding hydrogens is 381 g/mol. The number of aromatic nitrogens is 1. The summed E-state index contributed by atoms with van der Waals surface area (Å²) in [6, 6.07) is 11.6. The van der Waals surface area contributed by atoms with Gasteiger partial charge in [0.15, 0.2) is 6.61 Å². The van der Waals surface area contributed by atoms with Gasteiger partial charge in [0.1, 0.15) is 11.4 Å². The first-order valence-corrected chi connectivity index (χ1v) is 8.35. The highest BCUT2D eigenvalue weighted by molar-refractivity contribution is 7.94. The smallest absolute Gasteiger partial charge is 0.422 e. The standard InChI is InChI=1S/C17H13F3N4O2S/c18-17(19,20)9-26-15-6-5-10(8-22-15)23-24-13-7-14(27-25)11-3-1-2-4-12(11)16(13)21/h1-8,25H,9,21H2/b24-23+. The van der Waals surface area contributed by atoms with Gasteiger partial charge in [0.25, 0.3) is 0 Å². The molecule has 2 aromatic carbocycles. The number of hydrogen-bond donors (Lipinski definition) is 2. The Bertz CT molecular complexity index is 978. The highest BCUT2D eigenvalue weighted by Gasteiger charge is 2.28. The molecule has 1 aromatic heterocycles. The summed E-state index contributed by atoms with van der Waals surface area (Å²) in [5.74, 6) is -0.171. The Morgan fingerprint density at radius 2 is 1.85 bits per heavy atom. The largest absolute Gasteiger partial charge is 0.468 e. The molecule has 0 aliphatic carbocycles. The highest BCUT2D eigenvalue weighted by atomic mass is 32.2. The van der Waals surface area contributed by atoms with Gasteiger partial charge in [0, 0.05) is 28.4 Å². The fourth-order valence-electron chi connectivity index (χ4n) is 2.29. The van der Waals surface area contributed by atoms with E-state index in [0.717, 1.165) is 10.8 Å².